The summed E-state index contributed by atoms with van der Waals surface area (Å²) in [4.78, 5) is 4.33. The summed E-state index contributed by atoms with van der Waals surface area (Å²) in [7, 11) is 0. The van der Waals surface area contributed by atoms with Crippen LogP contribution in [-0.2, 0) is 0 Å². The molecule has 0 amide bonds. The summed E-state index contributed by atoms with van der Waals surface area (Å²) in [5, 5.41) is 11.1. The van der Waals surface area contributed by atoms with E-state index in [1.807, 2.05) is 6.92 Å². The second kappa shape index (κ2) is 8.23. The summed E-state index contributed by atoms with van der Waals surface area (Å²) >= 11 is 13.8. The van der Waals surface area contributed by atoms with Crippen molar-refractivity contribution < 1.29 is 5.11 Å². The summed E-state index contributed by atoms with van der Waals surface area (Å²) in [5.74, 6) is 0.601. The van der Waals surface area contributed by atoms with Crippen molar-refractivity contribution >= 4 is 40.0 Å². The van der Waals surface area contributed by atoms with Crippen LogP contribution in [0.1, 0.15) is 13.8 Å². The molecule has 1 rings (SSSR count). The Balaban J connectivity index is 2.75. The first-order valence-corrected chi connectivity index (χ1v) is 7.56. The van der Waals surface area contributed by atoms with Crippen LogP contribution in [0.2, 0.25) is 0 Å². The lowest BCUT2D eigenvalue weighted by molar-refractivity contribution is 0.434. The van der Waals surface area contributed by atoms with Crippen molar-refractivity contribution in [2.24, 2.45) is 4.99 Å². The Morgan fingerprint density at radius 1 is 1.50 bits per heavy atom. The molecule has 0 bridgehead atoms. The minimum atomic E-state index is -0.0132. The molecule has 1 aliphatic rings. The van der Waals surface area contributed by atoms with Gasteiger partial charge in [-0.15, -0.1) is 17.5 Å². The Morgan fingerprint density at radius 2 is 2.20 bits per heavy atom. The van der Waals surface area contributed by atoms with Gasteiger partial charge in [0, 0.05) is 28.1 Å². The van der Waals surface area contributed by atoms with Crippen LogP contribution in [0.5, 0.6) is 0 Å². The normalized spacial score (nSPS) is 16.3. The molecule has 0 fully saturated rings. The molecule has 106 valence electrons. The van der Waals surface area contributed by atoms with Crippen molar-refractivity contribution in [3.05, 3.63) is 63.7 Å². The minimum absolute atomic E-state index is 0.0132. The third-order valence-corrected chi connectivity index (χ3v) is 3.88. The van der Waals surface area contributed by atoms with Crippen molar-refractivity contribution in [2.45, 2.75) is 13.8 Å². The highest BCUT2D eigenvalue weighted by Crippen LogP contribution is 2.28. The summed E-state index contributed by atoms with van der Waals surface area (Å²) < 4.78 is 0. The van der Waals surface area contributed by atoms with Gasteiger partial charge in [0.2, 0.25) is 0 Å². The van der Waals surface area contributed by atoms with Gasteiger partial charge < -0.3 is 5.11 Å². The zero-order valence-corrected chi connectivity index (χ0v) is 13.6. The highest BCUT2D eigenvalue weighted by molar-refractivity contribution is 8.14. The van der Waals surface area contributed by atoms with Crippen LogP contribution in [0.25, 0.3) is 0 Å². The van der Waals surface area contributed by atoms with Crippen LogP contribution in [-0.4, -0.2) is 15.9 Å². The average molecular weight is 328 g/mol. The van der Waals surface area contributed by atoms with E-state index in [2.05, 4.69) is 17.3 Å². The summed E-state index contributed by atoms with van der Waals surface area (Å²) in [5.41, 5.74) is 4.45. The maximum Gasteiger partial charge on any atom is 0.110 e. The van der Waals surface area contributed by atoms with Crippen LogP contribution in [0.3, 0.4) is 0 Å². The lowest BCUT2D eigenvalue weighted by Crippen LogP contribution is -1.95. The smallest absolute Gasteiger partial charge is 0.110 e. The van der Waals surface area contributed by atoms with Gasteiger partial charge in [0.05, 0.1) is 10.1 Å². The molecule has 0 saturated carbocycles. The number of hydrogen-bond donors (Lipinski definition) is 1. The molecule has 0 heterocycles. The summed E-state index contributed by atoms with van der Waals surface area (Å²) in [6.07, 6.45) is 6.68. The fourth-order valence-corrected chi connectivity index (χ4v) is 2.96. The van der Waals surface area contributed by atoms with Gasteiger partial charge in [-0.25, -0.2) is 0 Å². The zero-order valence-electron chi connectivity index (χ0n) is 11.3. The lowest BCUT2D eigenvalue weighted by atomic mass is 10.2. The average Bonchev–Trinajstić information content (AvgIpc) is 2.47. The number of nitrogens with zero attached hydrogens (tertiary/aromatic N) is 1. The first kappa shape index (κ1) is 16.9. The molecular weight excluding hydrogens is 313 g/mol. The van der Waals surface area contributed by atoms with Crippen molar-refractivity contribution in [1.82, 2.24) is 0 Å². The van der Waals surface area contributed by atoms with E-state index in [0.29, 0.717) is 21.5 Å². The quantitative estimate of drug-likeness (QED) is 0.244. The molecule has 0 aliphatic heterocycles. The van der Waals surface area contributed by atoms with E-state index in [4.69, 9.17) is 28.3 Å². The predicted octanol–water partition coefficient (Wildman–Crippen LogP) is 5.45. The molecule has 0 atom stereocenters. The number of halogens is 2. The molecule has 20 heavy (non-hydrogen) atoms. The van der Waals surface area contributed by atoms with Gasteiger partial charge in [0.15, 0.2) is 0 Å². The summed E-state index contributed by atoms with van der Waals surface area (Å²) in [6, 6.07) is 0. The highest BCUT2D eigenvalue weighted by atomic mass is 35.5. The topological polar surface area (TPSA) is 32.6 Å². The number of aliphatic hydroxyl groups is 1. The van der Waals surface area contributed by atoms with Gasteiger partial charge >= 0.3 is 0 Å². The minimum Gasteiger partial charge on any atom is -0.509 e. The molecule has 0 radical (unpaired) electrons. The summed E-state index contributed by atoms with van der Waals surface area (Å²) in [6.45, 7) is 7.07. The van der Waals surface area contributed by atoms with Gasteiger partial charge in [-0.1, -0.05) is 29.8 Å². The van der Waals surface area contributed by atoms with Crippen LogP contribution in [0.4, 0.5) is 0 Å². The number of thioether (sulfide) groups is 1. The number of rotatable bonds is 4. The monoisotopic (exact) mass is 327 g/mol. The van der Waals surface area contributed by atoms with Crippen molar-refractivity contribution in [3.63, 3.8) is 0 Å². The first-order chi connectivity index (χ1) is 9.40. The van der Waals surface area contributed by atoms with Gasteiger partial charge in [-0.3, -0.25) is 4.99 Å². The molecule has 1 N–H and O–H groups in total. The third-order valence-electron chi connectivity index (χ3n) is 2.25. The van der Waals surface area contributed by atoms with E-state index in [1.165, 1.54) is 17.8 Å². The van der Waals surface area contributed by atoms with E-state index in [-0.39, 0.29) is 5.76 Å². The molecule has 0 spiro atoms. The van der Waals surface area contributed by atoms with E-state index >= 15 is 0 Å². The molecule has 5 heteroatoms. The molecule has 0 aromatic carbocycles. The van der Waals surface area contributed by atoms with Crippen LogP contribution >= 0.6 is 35.0 Å². The predicted molar refractivity (Wildman–Crippen MR) is 90.6 cm³/mol. The lowest BCUT2D eigenvalue weighted by Gasteiger charge is -2.07. The van der Waals surface area contributed by atoms with E-state index < -0.39 is 0 Å². The van der Waals surface area contributed by atoms with E-state index in [0.717, 1.165) is 10.6 Å². The Labute approximate surface area is 133 Å². The SMILES string of the molecule is C=C(O)/C=C(C)\N=C(/C)SCC1=C(Cl)C=C=CC=C1Cl. The highest BCUT2D eigenvalue weighted by Gasteiger charge is 2.09. The second-order valence-corrected chi connectivity index (χ2v) is 6.00. The van der Waals surface area contributed by atoms with Gasteiger partial charge in [-0.05, 0) is 32.1 Å². The number of allylic oxidation sites excluding steroid dienone is 6. The number of aliphatic hydroxyl groups excluding tert-OH is 1. The number of hydrogen-bond acceptors (Lipinski definition) is 3. The Kier molecular flexibility index (Phi) is 6.97. The Morgan fingerprint density at radius 3 is 2.85 bits per heavy atom. The maximum atomic E-state index is 9.06. The first-order valence-electron chi connectivity index (χ1n) is 5.81. The standard InChI is InChI=1S/C15H15Cl2NOS/c1-10(8-11(2)19)18-12(3)20-9-13-14(16)6-4-5-7-15(13)17/h4,6-8,19H,2,9H2,1,3H3/b10-8-,18-12+. The maximum absolute atomic E-state index is 9.06. The molecule has 0 unspecified atom stereocenters. The van der Waals surface area contributed by atoms with Crippen molar-refractivity contribution in [2.75, 3.05) is 5.75 Å². The molecule has 2 nitrogen and oxygen atoms in total. The van der Waals surface area contributed by atoms with Crippen LogP contribution in [0.15, 0.2) is 68.7 Å². The van der Waals surface area contributed by atoms with Crippen LogP contribution in [0, 0.1) is 0 Å². The molecule has 0 aromatic heterocycles. The van der Waals surface area contributed by atoms with Gasteiger partial charge in [0.1, 0.15) is 5.76 Å². The molecule has 0 aromatic rings. The van der Waals surface area contributed by atoms with Crippen LogP contribution < -0.4 is 0 Å². The zero-order chi connectivity index (χ0) is 15.1. The Bertz CT molecular complexity index is 591. The van der Waals surface area contributed by atoms with Crippen molar-refractivity contribution in [1.29, 1.82) is 0 Å². The number of aliphatic imine (C=N–C) groups is 1. The fourth-order valence-electron chi connectivity index (χ4n) is 1.41. The fraction of sp³-hybridized carbons (Fsp3) is 0.200. The third kappa shape index (κ3) is 5.89. The molecular formula is C15H15Cl2NOS. The van der Waals surface area contributed by atoms with E-state index in [9.17, 15) is 0 Å². The van der Waals surface area contributed by atoms with E-state index in [1.54, 1.807) is 25.2 Å². The largest absolute Gasteiger partial charge is 0.509 e. The molecule has 0 saturated heterocycles. The molecule has 1 aliphatic carbocycles. The second-order valence-electron chi connectivity index (χ2n) is 4.02. The Hall–Kier alpha value is -1.12. The van der Waals surface area contributed by atoms with Gasteiger partial charge in [-0.2, -0.15) is 0 Å². The van der Waals surface area contributed by atoms with Crippen molar-refractivity contribution in [3.8, 4) is 0 Å². The van der Waals surface area contributed by atoms with Gasteiger partial charge in [0.25, 0.3) is 0 Å².